The van der Waals surface area contributed by atoms with E-state index in [1.807, 2.05) is 73.7 Å². The van der Waals surface area contributed by atoms with Crippen LogP contribution in [-0.2, 0) is 14.3 Å². The second kappa shape index (κ2) is 14.8. The van der Waals surface area contributed by atoms with Crippen LogP contribution < -0.4 is 9.64 Å². The number of thioether (sulfide) groups is 1. The number of ketones is 1. The van der Waals surface area contributed by atoms with Crippen molar-refractivity contribution in [2.45, 2.75) is 23.6 Å². The van der Waals surface area contributed by atoms with Crippen molar-refractivity contribution in [1.29, 1.82) is 5.26 Å². The molecule has 49 heavy (non-hydrogen) atoms. The number of nitrogens with zero attached hydrogens (tertiary/aromatic N) is 3. The minimum Gasteiger partial charge on any atom is -0.494 e. The normalized spacial score (nSPS) is 14.0. The quantitative estimate of drug-likeness (QED) is 0.0820. The predicted octanol–water partition coefficient (Wildman–Crippen LogP) is 7.15. The summed E-state index contributed by atoms with van der Waals surface area (Å²) in [6.07, 6.45) is -0.0935. The first-order chi connectivity index (χ1) is 23.9. The molecule has 5 aromatic rings. The fourth-order valence-corrected chi connectivity index (χ4v) is 6.49. The van der Waals surface area contributed by atoms with E-state index in [1.165, 1.54) is 24.3 Å². The summed E-state index contributed by atoms with van der Waals surface area (Å²) in [6.45, 7) is 1.91. The van der Waals surface area contributed by atoms with Crippen LogP contribution >= 0.6 is 11.8 Å². The van der Waals surface area contributed by atoms with Gasteiger partial charge in [0.05, 0.1) is 34.4 Å². The molecule has 1 aliphatic rings. The van der Waals surface area contributed by atoms with Gasteiger partial charge in [-0.25, -0.2) is 14.7 Å². The maximum absolute atomic E-state index is 13.7. The van der Waals surface area contributed by atoms with E-state index in [0.29, 0.717) is 39.8 Å². The number of aromatic nitrogens is 1. The lowest BCUT2D eigenvalue weighted by atomic mass is 9.99. The molecule has 0 bridgehead atoms. The van der Waals surface area contributed by atoms with Crippen molar-refractivity contribution in [3.63, 3.8) is 0 Å². The molecule has 4 aromatic carbocycles. The first-order valence-corrected chi connectivity index (χ1v) is 16.4. The molecule has 0 spiro atoms. The minimum absolute atomic E-state index is 0.0935. The Bertz CT molecular complexity index is 2060. The zero-order valence-electron chi connectivity index (χ0n) is 26.4. The Kier molecular flexibility index (Phi) is 9.93. The molecule has 10 heteroatoms. The number of imide groups is 1. The summed E-state index contributed by atoms with van der Waals surface area (Å²) >= 11 is 1.09. The van der Waals surface area contributed by atoms with Gasteiger partial charge in [0.25, 0.3) is 0 Å². The Hall–Kier alpha value is -6.05. The van der Waals surface area contributed by atoms with Crippen molar-refractivity contribution in [1.82, 2.24) is 4.98 Å². The van der Waals surface area contributed by atoms with Gasteiger partial charge in [0.15, 0.2) is 12.4 Å². The number of benzene rings is 4. The van der Waals surface area contributed by atoms with E-state index in [2.05, 4.69) is 6.07 Å². The number of Topliss-reactive ketones (excluding diaryl/α,β-unsaturated/α-hetero) is 1. The number of hydrogen-bond acceptors (Lipinski definition) is 9. The highest BCUT2D eigenvalue weighted by Crippen LogP contribution is 2.39. The third-order valence-electron chi connectivity index (χ3n) is 7.79. The second-order valence-corrected chi connectivity index (χ2v) is 12.2. The largest absolute Gasteiger partial charge is 0.494 e. The number of carbonyl (C=O) groups is 4. The highest BCUT2D eigenvalue weighted by atomic mass is 32.2. The molecule has 1 aliphatic heterocycles. The summed E-state index contributed by atoms with van der Waals surface area (Å²) in [6, 6.07) is 35.5. The molecule has 1 unspecified atom stereocenters. The first-order valence-electron chi connectivity index (χ1n) is 15.5. The predicted molar refractivity (Wildman–Crippen MR) is 185 cm³/mol. The number of esters is 1. The molecule has 1 aromatic heterocycles. The Labute approximate surface area is 287 Å². The van der Waals surface area contributed by atoms with Crippen molar-refractivity contribution < 1.29 is 28.7 Å². The third kappa shape index (κ3) is 7.27. The van der Waals surface area contributed by atoms with Crippen molar-refractivity contribution in [3.8, 4) is 34.2 Å². The van der Waals surface area contributed by atoms with E-state index in [4.69, 9.17) is 14.5 Å². The van der Waals surface area contributed by atoms with E-state index in [-0.39, 0.29) is 23.5 Å². The smallest absolute Gasteiger partial charge is 0.338 e. The van der Waals surface area contributed by atoms with Crippen LogP contribution in [0.3, 0.4) is 0 Å². The molecule has 0 saturated carbocycles. The second-order valence-electron chi connectivity index (χ2n) is 11.0. The van der Waals surface area contributed by atoms with Crippen molar-refractivity contribution in [2.24, 2.45) is 0 Å². The summed E-state index contributed by atoms with van der Waals surface area (Å²) in [5, 5.41) is 9.78. The number of amides is 2. The minimum atomic E-state index is -0.819. The van der Waals surface area contributed by atoms with E-state index in [1.54, 1.807) is 24.3 Å². The SMILES string of the molecule is CCOc1ccc(C(=O)COC(=O)c2ccc(N3C(=O)CC(Sc4nc(-c5ccccc5)cc(-c5ccccc5)c4C#N)C3=O)cc2)cc1. The fourth-order valence-electron chi connectivity index (χ4n) is 5.37. The number of hydrogen-bond donors (Lipinski definition) is 0. The summed E-state index contributed by atoms with van der Waals surface area (Å²) in [7, 11) is 0. The highest BCUT2D eigenvalue weighted by Gasteiger charge is 2.41. The average Bonchev–Trinajstić information content (AvgIpc) is 3.42. The van der Waals surface area contributed by atoms with Crippen LogP contribution in [-0.4, -0.2) is 47.0 Å². The summed E-state index contributed by atoms with van der Waals surface area (Å²) in [4.78, 5) is 57.9. The van der Waals surface area contributed by atoms with Gasteiger partial charge in [-0.1, -0.05) is 72.4 Å². The molecule has 0 N–H and O–H groups in total. The average molecular weight is 668 g/mol. The highest BCUT2D eigenvalue weighted by molar-refractivity contribution is 8.00. The molecule has 0 aliphatic carbocycles. The molecule has 1 fully saturated rings. The van der Waals surface area contributed by atoms with Crippen molar-refractivity contribution >= 4 is 41.0 Å². The topological polar surface area (TPSA) is 127 Å². The molecular formula is C39H29N3O6S. The lowest BCUT2D eigenvalue weighted by Crippen LogP contribution is -2.31. The van der Waals surface area contributed by atoms with Gasteiger partial charge in [0.2, 0.25) is 11.8 Å². The molecular weight excluding hydrogens is 639 g/mol. The lowest BCUT2D eigenvalue weighted by Gasteiger charge is -2.16. The van der Waals surface area contributed by atoms with Crippen molar-refractivity contribution in [3.05, 3.63) is 132 Å². The number of nitriles is 1. The van der Waals surface area contributed by atoms with Crippen molar-refractivity contribution in [2.75, 3.05) is 18.1 Å². The van der Waals surface area contributed by atoms with E-state index < -0.39 is 29.6 Å². The van der Waals surface area contributed by atoms with Gasteiger partial charge in [-0.15, -0.1) is 0 Å². The fraction of sp³-hybridized carbons (Fsp3) is 0.128. The van der Waals surface area contributed by atoms with Crippen LogP contribution in [0.15, 0.2) is 120 Å². The number of carbonyl (C=O) groups excluding carboxylic acids is 4. The zero-order valence-corrected chi connectivity index (χ0v) is 27.2. The number of pyridine rings is 1. The monoisotopic (exact) mass is 667 g/mol. The standard InChI is InChI=1S/C39H29N3O6S/c1-2-47-30-19-15-27(16-20-30)34(43)24-48-39(46)28-13-17-29(18-14-28)42-36(44)22-35(38(42)45)49-37-32(23-40)31(25-9-5-3-6-10-25)21-33(41-37)26-11-7-4-8-12-26/h3-21,35H,2,22,24H2,1H3. The first kappa shape index (κ1) is 32.9. The van der Waals surface area contributed by atoms with Gasteiger partial charge >= 0.3 is 5.97 Å². The molecule has 6 rings (SSSR count). The summed E-state index contributed by atoms with van der Waals surface area (Å²) < 4.78 is 10.6. The van der Waals surface area contributed by atoms with Gasteiger partial charge in [-0.3, -0.25) is 14.4 Å². The number of ether oxygens (including phenoxy) is 2. The van der Waals surface area contributed by atoms with Crippen LogP contribution in [0.2, 0.25) is 0 Å². The van der Waals surface area contributed by atoms with Gasteiger partial charge in [-0.05, 0) is 67.1 Å². The zero-order chi connectivity index (χ0) is 34.3. The Morgan fingerprint density at radius 3 is 2.14 bits per heavy atom. The molecule has 2 heterocycles. The molecule has 1 saturated heterocycles. The van der Waals surface area contributed by atoms with Crippen LogP contribution in [0.25, 0.3) is 22.4 Å². The molecule has 1 atom stereocenters. The van der Waals surface area contributed by atoms with Gasteiger partial charge in [-0.2, -0.15) is 5.26 Å². The third-order valence-corrected chi connectivity index (χ3v) is 8.97. The number of anilines is 1. The summed E-state index contributed by atoms with van der Waals surface area (Å²) in [5.41, 5.74) is 4.13. The van der Waals surface area contributed by atoms with E-state index in [0.717, 1.165) is 27.8 Å². The number of rotatable bonds is 11. The van der Waals surface area contributed by atoms with Crippen LogP contribution in [0.4, 0.5) is 5.69 Å². The van der Waals surface area contributed by atoms with Crippen LogP contribution in [0.5, 0.6) is 5.75 Å². The van der Waals surface area contributed by atoms with E-state index in [9.17, 15) is 24.4 Å². The van der Waals surface area contributed by atoms with Gasteiger partial charge in [0, 0.05) is 23.1 Å². The van der Waals surface area contributed by atoms with Gasteiger partial charge < -0.3 is 9.47 Å². The molecule has 242 valence electrons. The maximum atomic E-state index is 13.7. The van der Waals surface area contributed by atoms with Crippen LogP contribution in [0, 0.1) is 11.3 Å². The Morgan fingerprint density at radius 1 is 0.878 bits per heavy atom. The van der Waals surface area contributed by atoms with Crippen LogP contribution in [0.1, 0.15) is 39.6 Å². The Morgan fingerprint density at radius 2 is 1.51 bits per heavy atom. The molecule has 0 radical (unpaired) electrons. The Balaban J connectivity index is 1.17. The summed E-state index contributed by atoms with van der Waals surface area (Å²) in [5.74, 6) is -1.33. The van der Waals surface area contributed by atoms with E-state index >= 15 is 0 Å². The molecule has 9 nitrogen and oxygen atoms in total. The molecule has 2 amide bonds. The lowest BCUT2D eigenvalue weighted by molar-refractivity contribution is -0.121. The maximum Gasteiger partial charge on any atom is 0.338 e. The van der Waals surface area contributed by atoms with Gasteiger partial charge in [0.1, 0.15) is 16.8 Å².